The van der Waals surface area contributed by atoms with Crippen LogP contribution in [0.3, 0.4) is 0 Å². The summed E-state index contributed by atoms with van der Waals surface area (Å²) in [6, 6.07) is 0. The number of hydrogen-bond donors (Lipinski definition) is 3. The molecule has 570 valence electrons. The van der Waals surface area contributed by atoms with Gasteiger partial charge in [0.05, 0.1) is 26.4 Å². The van der Waals surface area contributed by atoms with Crippen LogP contribution in [0.15, 0.2) is 146 Å². The van der Waals surface area contributed by atoms with Crippen LogP contribution < -0.4 is 0 Å². The Morgan fingerprint density at radius 1 is 0.290 bits per heavy atom. The molecule has 0 amide bonds. The quantitative estimate of drug-likeness (QED) is 0.0169. The number of aliphatic hydroxyl groups is 1. The van der Waals surface area contributed by atoms with Crippen molar-refractivity contribution in [3.05, 3.63) is 146 Å². The average Bonchev–Trinajstić information content (AvgIpc) is 1.02. The number of ether oxygens (including phenoxy) is 4. The molecule has 19 heteroatoms. The van der Waals surface area contributed by atoms with Crippen molar-refractivity contribution in [2.24, 2.45) is 0 Å². The van der Waals surface area contributed by atoms with Crippen LogP contribution >= 0.6 is 15.6 Å². The van der Waals surface area contributed by atoms with E-state index in [0.29, 0.717) is 25.7 Å². The smallest absolute Gasteiger partial charge is 0.462 e. The topological polar surface area (TPSA) is 237 Å². The lowest BCUT2D eigenvalue weighted by Gasteiger charge is -2.21. The molecule has 0 aliphatic heterocycles. The number of hydrogen-bond acceptors (Lipinski definition) is 15. The van der Waals surface area contributed by atoms with Gasteiger partial charge >= 0.3 is 39.5 Å². The summed E-state index contributed by atoms with van der Waals surface area (Å²) in [5, 5.41) is 10.6. The second kappa shape index (κ2) is 72.3. The maximum Gasteiger partial charge on any atom is 0.472 e. The van der Waals surface area contributed by atoms with Gasteiger partial charge in [0.1, 0.15) is 19.3 Å². The Morgan fingerprint density at radius 2 is 0.540 bits per heavy atom. The molecule has 0 aromatic carbocycles. The van der Waals surface area contributed by atoms with Gasteiger partial charge in [0.25, 0.3) is 0 Å². The predicted octanol–water partition coefficient (Wildman–Crippen LogP) is 21.9. The van der Waals surface area contributed by atoms with E-state index in [1.807, 2.05) is 0 Å². The van der Waals surface area contributed by atoms with Crippen molar-refractivity contribution in [1.29, 1.82) is 0 Å². The Kier molecular flexibility index (Phi) is 68.6. The lowest BCUT2D eigenvalue weighted by atomic mass is 10.1. The molecule has 5 atom stereocenters. The fraction of sp³-hybridized carbons (Fsp3) is 0.654. The van der Waals surface area contributed by atoms with E-state index < -0.39 is 97.5 Å². The molecule has 3 N–H and O–H groups in total. The van der Waals surface area contributed by atoms with E-state index in [-0.39, 0.29) is 25.7 Å². The molecule has 0 heterocycles. The lowest BCUT2D eigenvalue weighted by Crippen LogP contribution is -2.30. The highest BCUT2D eigenvalue weighted by Gasteiger charge is 2.30. The summed E-state index contributed by atoms with van der Waals surface area (Å²) in [5.74, 6) is -2.27. The monoisotopic (exact) mass is 1440 g/mol. The predicted molar refractivity (Wildman–Crippen MR) is 408 cm³/mol. The third kappa shape index (κ3) is 71.3. The number of phosphoric ester groups is 2. The first-order chi connectivity index (χ1) is 48.7. The molecule has 100 heavy (non-hydrogen) atoms. The van der Waals surface area contributed by atoms with Crippen LogP contribution in [0.5, 0.6) is 0 Å². The van der Waals surface area contributed by atoms with Crippen molar-refractivity contribution >= 4 is 39.5 Å². The highest BCUT2D eigenvalue weighted by molar-refractivity contribution is 7.47. The second-order valence-electron chi connectivity index (χ2n) is 24.8. The maximum atomic E-state index is 13.1. The maximum absolute atomic E-state index is 13.1. The molecule has 0 saturated carbocycles. The van der Waals surface area contributed by atoms with E-state index in [0.717, 1.165) is 193 Å². The zero-order chi connectivity index (χ0) is 73.2. The first-order valence-electron chi connectivity index (χ1n) is 38.1. The van der Waals surface area contributed by atoms with E-state index in [4.69, 9.17) is 37.0 Å². The minimum absolute atomic E-state index is 0.0683. The summed E-state index contributed by atoms with van der Waals surface area (Å²) in [6.07, 6.45) is 81.3. The first-order valence-corrected chi connectivity index (χ1v) is 41.1. The number of allylic oxidation sites excluding steroid dienone is 24. The fourth-order valence-electron chi connectivity index (χ4n) is 9.49. The van der Waals surface area contributed by atoms with Gasteiger partial charge in [0.15, 0.2) is 12.2 Å². The van der Waals surface area contributed by atoms with Crippen LogP contribution in [-0.2, 0) is 65.4 Å². The molecule has 0 saturated heterocycles. The van der Waals surface area contributed by atoms with Crippen molar-refractivity contribution in [2.45, 2.75) is 303 Å². The Balaban J connectivity index is 5.38. The third-order valence-corrected chi connectivity index (χ3v) is 17.2. The van der Waals surface area contributed by atoms with E-state index in [1.54, 1.807) is 0 Å². The Morgan fingerprint density at radius 3 is 0.860 bits per heavy atom. The minimum atomic E-state index is -4.99. The number of carbonyl (C=O) groups excluding carboxylic acids is 4. The molecule has 0 aliphatic carbocycles. The van der Waals surface area contributed by atoms with Gasteiger partial charge in [0, 0.05) is 25.7 Å². The SMILES string of the molecule is CC/C=C\C/C=C\C/C=C\C/C=C\C/C=C\CCCCCC(=O)OCC(COP(=O)(O)OCC(O)COP(=O)(O)OCC(COC(=O)CCCCCC/C=C\C/C=C\C/C=C\C/C=C\CC)OC(=O)CCCCCCC/C=C\C/C=C\CCC)OC(=O)CCCCCCC/C=C\CCCC. The number of esters is 4. The zero-order valence-electron chi connectivity index (χ0n) is 62.1. The normalized spacial score (nSPS) is 14.8. The van der Waals surface area contributed by atoms with Gasteiger partial charge in [-0.1, -0.05) is 251 Å². The molecular formula is C81H134O17P2. The Bertz CT molecular complexity index is 2470. The van der Waals surface area contributed by atoms with Gasteiger partial charge in [0.2, 0.25) is 0 Å². The molecule has 0 fully saturated rings. The van der Waals surface area contributed by atoms with Gasteiger partial charge in [-0.15, -0.1) is 0 Å². The molecule has 0 aliphatic rings. The summed E-state index contributed by atoms with van der Waals surface area (Å²) in [7, 11) is -9.98. The highest BCUT2D eigenvalue weighted by Crippen LogP contribution is 2.45. The van der Waals surface area contributed by atoms with Crippen molar-refractivity contribution in [3.63, 3.8) is 0 Å². The number of phosphoric acid groups is 2. The highest BCUT2D eigenvalue weighted by atomic mass is 31.2. The minimum Gasteiger partial charge on any atom is -0.462 e. The van der Waals surface area contributed by atoms with Gasteiger partial charge in [-0.05, 0) is 154 Å². The molecule has 0 radical (unpaired) electrons. The third-order valence-electron chi connectivity index (χ3n) is 15.2. The number of rotatable bonds is 70. The summed E-state index contributed by atoms with van der Waals surface area (Å²) in [6.45, 7) is 4.43. The van der Waals surface area contributed by atoms with Crippen molar-refractivity contribution in [1.82, 2.24) is 0 Å². The van der Waals surface area contributed by atoms with Crippen LogP contribution in [0.4, 0.5) is 0 Å². The Hall–Kier alpha value is -5.06. The molecule has 0 bridgehead atoms. The van der Waals surface area contributed by atoms with Crippen molar-refractivity contribution < 1.29 is 80.2 Å². The number of unbranched alkanes of at least 4 members (excludes halogenated alkanes) is 20. The van der Waals surface area contributed by atoms with Gasteiger partial charge in [-0.2, -0.15) is 0 Å². The zero-order valence-corrected chi connectivity index (χ0v) is 63.9. The van der Waals surface area contributed by atoms with Crippen LogP contribution in [0.1, 0.15) is 285 Å². The summed E-state index contributed by atoms with van der Waals surface area (Å²) >= 11 is 0. The number of carbonyl (C=O) groups is 4. The number of aliphatic hydroxyl groups excluding tert-OH is 1. The van der Waals surface area contributed by atoms with Gasteiger partial charge in [-0.3, -0.25) is 37.3 Å². The molecule has 17 nitrogen and oxygen atoms in total. The van der Waals surface area contributed by atoms with Crippen LogP contribution in [0.2, 0.25) is 0 Å². The summed E-state index contributed by atoms with van der Waals surface area (Å²) in [5.41, 5.74) is 0. The molecular weight excluding hydrogens is 1310 g/mol. The van der Waals surface area contributed by atoms with Crippen LogP contribution in [0.25, 0.3) is 0 Å². The summed E-state index contributed by atoms with van der Waals surface area (Å²) in [4.78, 5) is 72.8. The van der Waals surface area contributed by atoms with Crippen LogP contribution in [0, 0.1) is 0 Å². The van der Waals surface area contributed by atoms with Crippen molar-refractivity contribution in [2.75, 3.05) is 39.6 Å². The fourth-order valence-corrected chi connectivity index (χ4v) is 11.1. The largest absolute Gasteiger partial charge is 0.472 e. The van der Waals surface area contributed by atoms with Crippen molar-refractivity contribution in [3.8, 4) is 0 Å². The first kappa shape index (κ1) is 94.9. The van der Waals surface area contributed by atoms with E-state index in [2.05, 4.69) is 174 Å². The van der Waals surface area contributed by atoms with Crippen LogP contribution in [-0.4, -0.2) is 96.7 Å². The van der Waals surface area contributed by atoms with E-state index >= 15 is 0 Å². The summed E-state index contributed by atoms with van der Waals surface area (Å²) < 4.78 is 68.4. The molecule has 5 unspecified atom stereocenters. The Labute approximate surface area is 605 Å². The lowest BCUT2D eigenvalue weighted by molar-refractivity contribution is -0.161. The molecule has 0 aromatic rings. The van der Waals surface area contributed by atoms with E-state index in [1.165, 1.54) is 12.8 Å². The standard InChI is InChI=1S/C81H134O17P2/c1-5-9-13-17-21-25-29-32-34-36-37-39-41-44-47-50-54-58-62-66-78(83)91-71-76(97-80(85)67-63-59-55-51-45-28-24-20-16-12-8-4)73-95-99(87,88)93-69-75(82)70-94-100(89,90)96-74-77(98-81(86)68-64-60-56-52-48-42-31-27-23-19-15-11-7-3)72-92-79(84)65-61-57-53-49-46-43-40-38-35-33-30-26-22-18-14-10-6-2/h9-10,13-15,19-22,24-27,31-35,37,39-40,43-44,47,75-77,82H,5-8,11-12,16-18,23,28-30,36,38,41-42,45-46,48-74H2,1-4H3,(H,87,88)(H,89,90)/b13-9-,14-10-,19-15-,24-20-,25-21-,26-22-,31-27-,34-32-,35-33-,39-37-,43-40-,47-44-. The van der Waals surface area contributed by atoms with E-state index in [9.17, 15) is 43.2 Å². The van der Waals surface area contributed by atoms with Gasteiger partial charge < -0.3 is 33.8 Å². The van der Waals surface area contributed by atoms with Gasteiger partial charge in [-0.25, -0.2) is 9.13 Å². The average molecular weight is 1440 g/mol. The molecule has 0 spiro atoms. The second-order valence-corrected chi connectivity index (χ2v) is 27.7. The molecule has 0 aromatic heterocycles. The molecule has 0 rings (SSSR count).